The lowest BCUT2D eigenvalue weighted by Crippen LogP contribution is -2.49. The number of nitrogens with two attached hydrogens (primary N) is 1. The number of rotatable bonds is 9. The van der Waals surface area contributed by atoms with E-state index < -0.39 is 47.9 Å². The first-order valence-corrected chi connectivity index (χ1v) is 14.1. The Morgan fingerprint density at radius 2 is 1.79 bits per heavy atom. The molecule has 43 heavy (non-hydrogen) atoms. The lowest BCUT2D eigenvalue weighted by Gasteiger charge is -2.24. The number of ether oxygens (including phenoxy) is 2. The number of carbonyl (C=O) groups excluding carboxylic acids is 3. The highest BCUT2D eigenvalue weighted by Crippen LogP contribution is 2.35. The Bertz CT molecular complexity index is 1590. The van der Waals surface area contributed by atoms with E-state index in [1.807, 2.05) is 0 Å². The number of aromatic carboxylic acids is 1. The minimum absolute atomic E-state index is 0.0194. The number of nitrogens with zero attached hydrogens (tertiary/aromatic N) is 1. The molecule has 2 aromatic carbocycles. The third kappa shape index (κ3) is 6.56. The third-order valence-electron chi connectivity index (χ3n) is 7.20. The van der Waals surface area contributed by atoms with E-state index in [-0.39, 0.29) is 42.0 Å². The van der Waals surface area contributed by atoms with Crippen LogP contribution in [0.3, 0.4) is 0 Å². The molecule has 1 atom stereocenters. The van der Waals surface area contributed by atoms with Crippen molar-refractivity contribution < 1.29 is 38.1 Å². The van der Waals surface area contributed by atoms with E-state index in [1.54, 1.807) is 11.4 Å². The summed E-state index contributed by atoms with van der Waals surface area (Å²) in [5, 5.41) is 24.0. The van der Waals surface area contributed by atoms with Crippen LogP contribution in [0, 0.1) is 11.2 Å². The summed E-state index contributed by atoms with van der Waals surface area (Å²) in [5.41, 5.74) is 6.83. The van der Waals surface area contributed by atoms with Gasteiger partial charge in [0.05, 0.1) is 38.4 Å². The van der Waals surface area contributed by atoms with Crippen molar-refractivity contribution >= 4 is 40.9 Å². The van der Waals surface area contributed by atoms with Gasteiger partial charge in [-0.15, -0.1) is 11.3 Å². The molecule has 6 N–H and O–H groups in total. The van der Waals surface area contributed by atoms with E-state index in [9.17, 15) is 28.7 Å². The molecular formula is C29H28FN5O7S. The Balaban J connectivity index is 1.22. The van der Waals surface area contributed by atoms with Crippen LogP contribution in [-0.4, -0.2) is 77.7 Å². The van der Waals surface area contributed by atoms with Crippen molar-refractivity contribution in [1.29, 1.82) is 5.41 Å². The van der Waals surface area contributed by atoms with Crippen molar-refractivity contribution in [2.24, 2.45) is 5.73 Å². The van der Waals surface area contributed by atoms with Crippen LogP contribution in [0.1, 0.15) is 37.6 Å². The van der Waals surface area contributed by atoms with E-state index >= 15 is 0 Å². The Labute approximate surface area is 249 Å². The largest absolute Gasteiger partial charge is 0.478 e. The van der Waals surface area contributed by atoms with Crippen molar-refractivity contribution in [3.8, 4) is 11.1 Å². The van der Waals surface area contributed by atoms with Gasteiger partial charge in [-0.25, -0.2) is 9.18 Å². The van der Waals surface area contributed by atoms with Crippen LogP contribution < -0.4 is 16.4 Å². The van der Waals surface area contributed by atoms with Crippen LogP contribution >= 0.6 is 11.3 Å². The predicted molar refractivity (Wildman–Crippen MR) is 153 cm³/mol. The van der Waals surface area contributed by atoms with Gasteiger partial charge in [-0.1, -0.05) is 18.2 Å². The maximum atomic E-state index is 13.6. The van der Waals surface area contributed by atoms with Crippen molar-refractivity contribution in [1.82, 2.24) is 15.5 Å². The number of benzene rings is 2. The van der Waals surface area contributed by atoms with Crippen molar-refractivity contribution in [2.45, 2.75) is 24.8 Å². The Morgan fingerprint density at radius 3 is 2.44 bits per heavy atom. The van der Waals surface area contributed by atoms with Crippen molar-refractivity contribution in [2.75, 3.05) is 26.3 Å². The van der Waals surface area contributed by atoms with Crippen molar-refractivity contribution in [3.63, 3.8) is 0 Å². The number of carboxylic acid groups (broad SMARTS) is 1. The summed E-state index contributed by atoms with van der Waals surface area (Å²) in [7, 11) is 0. The topological polar surface area (TPSA) is 184 Å². The summed E-state index contributed by atoms with van der Waals surface area (Å²) in [6, 6.07) is 10.2. The maximum absolute atomic E-state index is 13.6. The van der Waals surface area contributed by atoms with Crippen LogP contribution in [0.2, 0.25) is 0 Å². The molecule has 1 aromatic heterocycles. The number of thiophene rings is 1. The van der Waals surface area contributed by atoms with Gasteiger partial charge in [-0.3, -0.25) is 19.8 Å². The quantitative estimate of drug-likeness (QED) is 0.180. The van der Waals surface area contributed by atoms with Gasteiger partial charge in [0.15, 0.2) is 5.79 Å². The summed E-state index contributed by atoms with van der Waals surface area (Å²) in [6.45, 7) is 0.471. The molecule has 224 valence electrons. The van der Waals surface area contributed by atoms with Gasteiger partial charge in [-0.05, 0) is 41.5 Å². The number of nitrogen functional groups attached to an aromatic ring is 1. The fourth-order valence-electron chi connectivity index (χ4n) is 5.05. The lowest BCUT2D eigenvalue weighted by molar-refractivity contribution is -0.152. The number of nitrogens with one attached hydrogen (secondary N) is 3. The van der Waals surface area contributed by atoms with Gasteiger partial charge < -0.3 is 35.8 Å². The van der Waals surface area contributed by atoms with Gasteiger partial charge >= 0.3 is 5.97 Å². The highest BCUT2D eigenvalue weighted by atomic mass is 32.1. The Morgan fingerprint density at radius 1 is 1.07 bits per heavy atom. The maximum Gasteiger partial charge on any atom is 0.336 e. The number of carboxylic acids is 1. The molecule has 2 aliphatic heterocycles. The molecule has 0 unspecified atom stereocenters. The SMILES string of the molecule is N=C(N)c1csc(CNC(=O)[C@@H]2CC3(CN2C(=O)CNC(=O)c2ccc(-c4ccc(F)cc4C(=O)O)cc2)OCCO3)c1. The highest BCUT2D eigenvalue weighted by Gasteiger charge is 2.52. The van der Waals surface area contributed by atoms with Gasteiger partial charge in [0.2, 0.25) is 11.8 Å². The molecule has 2 fully saturated rings. The number of amides is 3. The minimum Gasteiger partial charge on any atom is -0.478 e. The van der Waals surface area contributed by atoms with Crippen LogP contribution in [-0.2, 0) is 25.6 Å². The summed E-state index contributed by atoms with van der Waals surface area (Å²) >= 11 is 1.35. The van der Waals surface area contributed by atoms with E-state index in [4.69, 9.17) is 20.6 Å². The number of carbonyl (C=O) groups is 4. The molecule has 0 saturated carbocycles. The molecule has 0 radical (unpaired) electrons. The van der Waals surface area contributed by atoms with Gasteiger partial charge in [-0.2, -0.15) is 0 Å². The smallest absolute Gasteiger partial charge is 0.336 e. The second-order valence-electron chi connectivity index (χ2n) is 10.0. The monoisotopic (exact) mass is 609 g/mol. The van der Waals surface area contributed by atoms with Crippen LogP contribution in [0.15, 0.2) is 53.9 Å². The summed E-state index contributed by atoms with van der Waals surface area (Å²) in [6.07, 6.45) is 0.130. The van der Waals surface area contributed by atoms with Crippen LogP contribution in [0.25, 0.3) is 11.1 Å². The number of halogens is 1. The molecule has 14 heteroatoms. The number of amidine groups is 1. The third-order valence-corrected chi connectivity index (χ3v) is 8.14. The second kappa shape index (κ2) is 12.3. The van der Waals surface area contributed by atoms with Crippen LogP contribution in [0.4, 0.5) is 4.39 Å². The number of hydrogen-bond acceptors (Lipinski definition) is 8. The highest BCUT2D eigenvalue weighted by molar-refractivity contribution is 7.10. The number of likely N-dealkylation sites (tertiary alicyclic amines) is 1. The fourth-order valence-corrected chi connectivity index (χ4v) is 5.88. The zero-order valence-corrected chi connectivity index (χ0v) is 23.5. The standard InChI is InChI=1S/C29H28FN5O7S/c30-19-5-6-21(22(10-19)28(39)40)16-1-3-17(4-2-16)26(37)34-13-24(36)35-15-29(41-7-8-42-29)11-23(35)27(38)33-12-20-9-18(14-43-20)25(31)32/h1-6,9-10,14,23H,7-8,11-13,15H2,(H3,31,32)(H,33,38)(H,34,37)(H,39,40)/t23-/m0/s1. The summed E-state index contributed by atoms with van der Waals surface area (Å²) < 4.78 is 25.1. The van der Waals surface area contributed by atoms with Gasteiger partial charge in [0.25, 0.3) is 5.91 Å². The molecule has 5 rings (SSSR count). The molecule has 2 saturated heterocycles. The molecule has 3 aromatic rings. The fraction of sp³-hybridized carbons (Fsp3) is 0.276. The van der Waals surface area contributed by atoms with Gasteiger partial charge in [0.1, 0.15) is 17.7 Å². The van der Waals surface area contributed by atoms with E-state index in [0.29, 0.717) is 24.3 Å². The van der Waals surface area contributed by atoms with Gasteiger partial charge in [0, 0.05) is 27.8 Å². The first-order valence-electron chi connectivity index (χ1n) is 13.2. The Kier molecular flexibility index (Phi) is 8.52. The lowest BCUT2D eigenvalue weighted by atomic mass is 9.98. The molecule has 0 aliphatic carbocycles. The second-order valence-corrected chi connectivity index (χ2v) is 11.0. The normalized spacial score (nSPS) is 17.1. The first-order chi connectivity index (χ1) is 20.5. The van der Waals surface area contributed by atoms with E-state index in [2.05, 4.69) is 10.6 Å². The molecule has 3 heterocycles. The van der Waals surface area contributed by atoms with Crippen LogP contribution in [0.5, 0.6) is 0 Å². The molecule has 0 bridgehead atoms. The van der Waals surface area contributed by atoms with Crippen molar-refractivity contribution in [3.05, 3.63) is 81.3 Å². The summed E-state index contributed by atoms with van der Waals surface area (Å²) in [5.74, 6) is -4.61. The molecule has 12 nitrogen and oxygen atoms in total. The average molecular weight is 610 g/mol. The Hall–Kier alpha value is -4.66. The number of hydrogen-bond donors (Lipinski definition) is 5. The molecule has 1 spiro atoms. The predicted octanol–water partition coefficient (Wildman–Crippen LogP) is 1.93. The molecule has 3 amide bonds. The first kappa shape index (κ1) is 29.8. The average Bonchev–Trinajstić information content (AvgIpc) is 3.75. The zero-order valence-electron chi connectivity index (χ0n) is 22.7. The summed E-state index contributed by atoms with van der Waals surface area (Å²) in [4.78, 5) is 52.9. The molecule has 2 aliphatic rings. The minimum atomic E-state index is -1.28. The zero-order chi connectivity index (χ0) is 30.7. The van der Waals surface area contributed by atoms with E-state index in [0.717, 1.165) is 17.0 Å². The molecular weight excluding hydrogens is 581 g/mol. The van der Waals surface area contributed by atoms with E-state index in [1.165, 1.54) is 46.6 Å².